The van der Waals surface area contributed by atoms with Crippen molar-refractivity contribution < 1.29 is 9.59 Å². The molecule has 0 aromatic rings. The highest BCUT2D eigenvalue weighted by Gasteiger charge is 2.72. The molecule has 0 heterocycles. The monoisotopic (exact) mass is 235 g/mol. The number of fused-ring (bicyclic) bond motifs is 2. The fourth-order valence-corrected chi connectivity index (χ4v) is 3.69. The molecule has 2 rings (SSSR count). The van der Waals surface area contributed by atoms with Gasteiger partial charge in [-0.15, -0.1) is 6.58 Å². The topological polar surface area (TPSA) is 46.2 Å². The number of rotatable bonds is 3. The maximum atomic E-state index is 12.4. The summed E-state index contributed by atoms with van der Waals surface area (Å²) < 4.78 is 0. The SMILES string of the molecule is C=CCNC(=O)[C@]12CC[C@](C)(C(=O)C1)C2(C)C. The predicted octanol–water partition coefficient (Wildman–Crippen LogP) is 2.07. The Morgan fingerprint density at radius 3 is 2.47 bits per heavy atom. The van der Waals surface area contributed by atoms with E-state index in [1.165, 1.54) is 0 Å². The fourth-order valence-electron chi connectivity index (χ4n) is 3.69. The van der Waals surface area contributed by atoms with Crippen molar-refractivity contribution in [3.05, 3.63) is 12.7 Å². The van der Waals surface area contributed by atoms with Crippen LogP contribution >= 0.6 is 0 Å². The Morgan fingerprint density at radius 1 is 1.41 bits per heavy atom. The van der Waals surface area contributed by atoms with Crippen LogP contribution in [0.25, 0.3) is 0 Å². The number of Topliss-reactive ketones (excluding diaryl/α,β-unsaturated/α-hetero) is 1. The quantitative estimate of drug-likeness (QED) is 0.761. The molecule has 0 radical (unpaired) electrons. The largest absolute Gasteiger partial charge is 0.352 e. The van der Waals surface area contributed by atoms with Crippen molar-refractivity contribution in [2.24, 2.45) is 16.2 Å². The molecule has 0 aromatic carbocycles. The third kappa shape index (κ3) is 1.23. The third-order valence-electron chi connectivity index (χ3n) is 5.55. The molecule has 0 spiro atoms. The highest BCUT2D eigenvalue weighted by molar-refractivity contribution is 5.99. The van der Waals surface area contributed by atoms with Gasteiger partial charge in [-0.2, -0.15) is 0 Å². The first-order valence-corrected chi connectivity index (χ1v) is 6.24. The smallest absolute Gasteiger partial charge is 0.227 e. The van der Waals surface area contributed by atoms with Crippen molar-refractivity contribution in [2.75, 3.05) is 6.54 Å². The minimum atomic E-state index is -0.498. The van der Waals surface area contributed by atoms with E-state index in [1.54, 1.807) is 6.08 Å². The van der Waals surface area contributed by atoms with Crippen molar-refractivity contribution in [3.8, 4) is 0 Å². The minimum Gasteiger partial charge on any atom is -0.352 e. The number of nitrogens with one attached hydrogen (secondary N) is 1. The van der Waals surface area contributed by atoms with Crippen LogP contribution in [0.2, 0.25) is 0 Å². The lowest BCUT2D eigenvalue weighted by Gasteiger charge is -2.38. The first-order valence-electron chi connectivity index (χ1n) is 6.24. The normalized spacial score (nSPS) is 38.2. The van der Waals surface area contributed by atoms with Crippen molar-refractivity contribution >= 4 is 11.7 Å². The predicted molar refractivity (Wildman–Crippen MR) is 66.4 cm³/mol. The summed E-state index contributed by atoms with van der Waals surface area (Å²) in [6.45, 7) is 10.2. The van der Waals surface area contributed by atoms with E-state index >= 15 is 0 Å². The van der Waals surface area contributed by atoms with E-state index in [0.29, 0.717) is 13.0 Å². The van der Waals surface area contributed by atoms with Gasteiger partial charge in [0.25, 0.3) is 0 Å². The summed E-state index contributed by atoms with van der Waals surface area (Å²) in [6.07, 6.45) is 3.73. The zero-order valence-electron chi connectivity index (χ0n) is 10.9. The molecule has 2 aliphatic rings. The maximum absolute atomic E-state index is 12.4. The second-order valence-electron chi connectivity index (χ2n) is 6.14. The summed E-state index contributed by atoms with van der Waals surface area (Å²) in [6, 6.07) is 0. The van der Waals surface area contributed by atoms with Gasteiger partial charge in [0.2, 0.25) is 5.91 Å². The van der Waals surface area contributed by atoms with Gasteiger partial charge in [0, 0.05) is 18.4 Å². The average Bonchev–Trinajstić information content (AvgIpc) is 2.56. The summed E-state index contributed by atoms with van der Waals surface area (Å²) in [5, 5.41) is 2.88. The lowest BCUT2D eigenvalue weighted by Crippen LogP contribution is -2.46. The number of amides is 1. The number of carbonyl (C=O) groups excluding carboxylic acids is 2. The molecular formula is C14H21NO2. The van der Waals surface area contributed by atoms with E-state index in [9.17, 15) is 9.59 Å². The Morgan fingerprint density at radius 2 is 2.06 bits per heavy atom. The van der Waals surface area contributed by atoms with Crippen LogP contribution in [-0.4, -0.2) is 18.2 Å². The lowest BCUT2D eigenvalue weighted by atomic mass is 9.64. The zero-order chi connectivity index (χ0) is 12.9. The van der Waals surface area contributed by atoms with Crippen molar-refractivity contribution in [2.45, 2.75) is 40.0 Å². The van der Waals surface area contributed by atoms with Gasteiger partial charge in [-0.3, -0.25) is 9.59 Å². The van der Waals surface area contributed by atoms with Crippen LogP contribution < -0.4 is 5.32 Å². The first-order chi connectivity index (χ1) is 7.82. The van der Waals surface area contributed by atoms with Crippen LogP contribution in [0.4, 0.5) is 0 Å². The number of ketones is 1. The molecule has 0 saturated heterocycles. The van der Waals surface area contributed by atoms with Crippen molar-refractivity contribution in [1.29, 1.82) is 0 Å². The Kier molecular flexibility index (Phi) is 2.49. The number of hydrogen-bond donors (Lipinski definition) is 1. The van der Waals surface area contributed by atoms with E-state index < -0.39 is 5.41 Å². The van der Waals surface area contributed by atoms with Crippen LogP contribution in [0, 0.1) is 16.2 Å². The second-order valence-corrected chi connectivity index (χ2v) is 6.14. The fraction of sp³-hybridized carbons (Fsp3) is 0.714. The summed E-state index contributed by atoms with van der Waals surface area (Å²) in [7, 11) is 0. The van der Waals surface area contributed by atoms with E-state index in [2.05, 4.69) is 25.7 Å². The molecule has 3 heteroatoms. The highest BCUT2D eigenvalue weighted by atomic mass is 16.2. The van der Waals surface area contributed by atoms with Gasteiger partial charge in [0.15, 0.2) is 0 Å². The summed E-state index contributed by atoms with van der Waals surface area (Å²) in [5.74, 6) is 0.277. The molecule has 2 fully saturated rings. The van der Waals surface area contributed by atoms with Gasteiger partial charge in [-0.1, -0.05) is 26.8 Å². The second kappa shape index (κ2) is 3.44. The van der Waals surface area contributed by atoms with Crippen LogP contribution in [0.15, 0.2) is 12.7 Å². The molecule has 0 aliphatic heterocycles. The van der Waals surface area contributed by atoms with E-state index in [-0.39, 0.29) is 22.5 Å². The zero-order valence-corrected chi connectivity index (χ0v) is 10.9. The lowest BCUT2D eigenvalue weighted by molar-refractivity contribution is -0.136. The number of carbonyl (C=O) groups is 2. The van der Waals surface area contributed by atoms with Gasteiger partial charge in [0.1, 0.15) is 5.78 Å². The van der Waals surface area contributed by atoms with E-state index in [1.807, 2.05) is 6.92 Å². The first kappa shape index (κ1) is 12.3. The molecule has 0 unspecified atom stereocenters. The minimum absolute atomic E-state index is 0.0250. The van der Waals surface area contributed by atoms with Crippen molar-refractivity contribution in [3.63, 3.8) is 0 Å². The summed E-state index contributed by atoms with van der Waals surface area (Å²) in [4.78, 5) is 24.5. The van der Waals surface area contributed by atoms with Crippen LogP contribution in [0.1, 0.15) is 40.0 Å². The Labute approximate surface area is 103 Å². The van der Waals surface area contributed by atoms with Gasteiger partial charge >= 0.3 is 0 Å². The molecular weight excluding hydrogens is 214 g/mol. The average molecular weight is 235 g/mol. The van der Waals surface area contributed by atoms with E-state index in [0.717, 1.165) is 12.8 Å². The molecule has 94 valence electrons. The molecule has 3 nitrogen and oxygen atoms in total. The Bertz CT molecular complexity index is 399. The molecule has 2 aliphatic carbocycles. The summed E-state index contributed by atoms with van der Waals surface area (Å²) >= 11 is 0. The Balaban J connectivity index is 2.36. The van der Waals surface area contributed by atoms with Gasteiger partial charge < -0.3 is 5.32 Å². The standard InChI is InChI=1S/C14H21NO2/c1-5-8-15-11(17)14-7-6-13(4,10(16)9-14)12(14,2)3/h5H,1,6-9H2,2-4H3,(H,15,17)/t13-,14+/m1/s1. The molecule has 0 aromatic heterocycles. The molecule has 2 saturated carbocycles. The van der Waals surface area contributed by atoms with Crippen molar-refractivity contribution in [1.82, 2.24) is 5.32 Å². The van der Waals surface area contributed by atoms with Gasteiger partial charge in [-0.25, -0.2) is 0 Å². The van der Waals surface area contributed by atoms with Crippen LogP contribution in [-0.2, 0) is 9.59 Å². The summed E-state index contributed by atoms with van der Waals surface area (Å²) in [5.41, 5.74) is -1.07. The van der Waals surface area contributed by atoms with E-state index in [4.69, 9.17) is 0 Å². The maximum Gasteiger partial charge on any atom is 0.227 e. The molecule has 2 atom stereocenters. The highest BCUT2D eigenvalue weighted by Crippen LogP contribution is 2.70. The molecule has 2 bridgehead atoms. The van der Waals surface area contributed by atoms with Gasteiger partial charge in [-0.05, 0) is 18.3 Å². The van der Waals surface area contributed by atoms with Crippen LogP contribution in [0.3, 0.4) is 0 Å². The van der Waals surface area contributed by atoms with Crippen LogP contribution in [0.5, 0.6) is 0 Å². The molecule has 1 amide bonds. The molecule has 17 heavy (non-hydrogen) atoms. The molecule has 1 N–H and O–H groups in total. The third-order valence-corrected chi connectivity index (χ3v) is 5.55. The Hall–Kier alpha value is -1.12. The van der Waals surface area contributed by atoms with Gasteiger partial charge in [0.05, 0.1) is 5.41 Å². The number of hydrogen-bond acceptors (Lipinski definition) is 2.